The summed E-state index contributed by atoms with van der Waals surface area (Å²) in [5.74, 6) is -4.99. The van der Waals surface area contributed by atoms with Crippen LogP contribution in [0.4, 0.5) is 8.78 Å². The number of nitrogens with zero attached hydrogens (tertiary/aromatic N) is 1. The van der Waals surface area contributed by atoms with Crippen LogP contribution in [0.2, 0.25) is 0 Å². The van der Waals surface area contributed by atoms with Gasteiger partial charge in [0.1, 0.15) is 0 Å². The Balaban J connectivity index is 0.000000671. The quantitative estimate of drug-likeness (QED) is 0.624. The molecule has 1 saturated heterocycles. The lowest BCUT2D eigenvalue weighted by atomic mass is 10.1. The van der Waals surface area contributed by atoms with Crippen LogP contribution in [-0.2, 0) is 4.79 Å². The highest BCUT2D eigenvalue weighted by Crippen LogP contribution is 2.33. The molecule has 0 spiro atoms. The minimum absolute atomic E-state index is 0.183. The Bertz CT molecular complexity index is 182. The lowest BCUT2D eigenvalue weighted by Gasteiger charge is -2.12. The van der Waals surface area contributed by atoms with E-state index in [4.69, 9.17) is 0 Å². The van der Waals surface area contributed by atoms with E-state index in [1.54, 1.807) is 6.92 Å². The third-order valence-corrected chi connectivity index (χ3v) is 2.07. The Morgan fingerprint density at radius 2 is 2.00 bits per heavy atom. The first-order chi connectivity index (χ1) is 6.00. The average Bonchev–Trinajstić information content (AvgIpc) is 2.32. The first kappa shape index (κ1) is 12.3. The van der Waals surface area contributed by atoms with Crippen LogP contribution in [0, 0.1) is 5.92 Å². The van der Waals surface area contributed by atoms with Gasteiger partial charge in [-0.15, -0.1) is 0 Å². The maximum Gasteiger partial charge on any atom is 0.328 e. The van der Waals surface area contributed by atoms with Crippen molar-refractivity contribution in [2.24, 2.45) is 5.92 Å². The van der Waals surface area contributed by atoms with Crippen molar-refractivity contribution in [1.82, 2.24) is 4.90 Å². The fraction of sp³-hybridized carbons (Fsp3) is 0.889. The van der Waals surface area contributed by atoms with E-state index in [0.29, 0.717) is 6.54 Å². The summed E-state index contributed by atoms with van der Waals surface area (Å²) in [5.41, 5.74) is 0. The first-order valence-corrected chi connectivity index (χ1v) is 4.67. The highest BCUT2D eigenvalue weighted by molar-refractivity contribution is 5.86. The van der Waals surface area contributed by atoms with Crippen molar-refractivity contribution < 1.29 is 13.6 Å². The zero-order valence-electron chi connectivity index (χ0n) is 8.60. The van der Waals surface area contributed by atoms with E-state index in [9.17, 15) is 13.6 Å². The molecular formula is C9H17F2NO. The predicted molar refractivity (Wildman–Crippen MR) is 47.7 cm³/mol. The van der Waals surface area contributed by atoms with Gasteiger partial charge < -0.3 is 4.90 Å². The van der Waals surface area contributed by atoms with Crippen LogP contribution < -0.4 is 0 Å². The molecule has 1 aliphatic rings. The summed E-state index contributed by atoms with van der Waals surface area (Å²) in [4.78, 5) is 12.0. The van der Waals surface area contributed by atoms with E-state index in [2.05, 4.69) is 0 Å². The normalized spacial score (nSPS) is 25.5. The van der Waals surface area contributed by atoms with Gasteiger partial charge in [0, 0.05) is 19.0 Å². The molecule has 0 aromatic heterocycles. The molecule has 0 saturated carbocycles. The van der Waals surface area contributed by atoms with Gasteiger partial charge in [-0.2, -0.15) is 8.78 Å². The molecular weight excluding hydrogens is 176 g/mol. The molecule has 0 N–H and O–H groups in total. The van der Waals surface area contributed by atoms with E-state index in [1.807, 2.05) is 13.8 Å². The van der Waals surface area contributed by atoms with Gasteiger partial charge >= 0.3 is 5.92 Å². The fourth-order valence-electron chi connectivity index (χ4n) is 1.22. The highest BCUT2D eigenvalue weighted by Gasteiger charge is 2.53. The Morgan fingerprint density at radius 1 is 1.54 bits per heavy atom. The summed E-state index contributed by atoms with van der Waals surface area (Å²) in [5, 5.41) is 0. The molecule has 0 aromatic rings. The number of carbonyl (C=O) groups excluding carboxylic acids is 1. The maximum absolute atomic E-state index is 12.8. The SMILES string of the molecule is CC.CCN1CC(C)C(F)(F)C1=O. The summed E-state index contributed by atoms with van der Waals surface area (Å²) in [7, 11) is 0. The van der Waals surface area contributed by atoms with E-state index in [1.165, 1.54) is 11.8 Å². The standard InChI is InChI=1S/C7H11F2NO.C2H6/c1-3-10-4-5(2)7(8,9)6(10)11;1-2/h5H,3-4H2,1-2H3;1-2H3. The number of likely N-dealkylation sites (tertiary alicyclic amines) is 1. The molecule has 1 aliphatic heterocycles. The van der Waals surface area contributed by atoms with E-state index in [-0.39, 0.29) is 6.54 Å². The van der Waals surface area contributed by atoms with Crippen molar-refractivity contribution in [1.29, 1.82) is 0 Å². The Morgan fingerprint density at radius 3 is 2.15 bits per heavy atom. The van der Waals surface area contributed by atoms with Gasteiger partial charge in [-0.25, -0.2) is 0 Å². The summed E-state index contributed by atoms with van der Waals surface area (Å²) in [6, 6.07) is 0. The van der Waals surface area contributed by atoms with Crippen molar-refractivity contribution in [2.45, 2.75) is 33.6 Å². The van der Waals surface area contributed by atoms with Crippen LogP contribution in [0.25, 0.3) is 0 Å². The molecule has 1 heterocycles. The first-order valence-electron chi connectivity index (χ1n) is 4.67. The molecule has 0 aromatic carbocycles. The van der Waals surface area contributed by atoms with Crippen molar-refractivity contribution in [3.63, 3.8) is 0 Å². The molecule has 0 aliphatic carbocycles. The number of halogens is 2. The smallest absolute Gasteiger partial charge is 0.328 e. The van der Waals surface area contributed by atoms with Gasteiger partial charge in [0.25, 0.3) is 5.91 Å². The monoisotopic (exact) mass is 193 g/mol. The Labute approximate surface area is 77.9 Å². The van der Waals surface area contributed by atoms with Gasteiger partial charge in [0.05, 0.1) is 0 Å². The number of carbonyl (C=O) groups is 1. The van der Waals surface area contributed by atoms with Gasteiger partial charge in [-0.05, 0) is 6.92 Å². The maximum atomic E-state index is 12.8. The van der Waals surface area contributed by atoms with Crippen molar-refractivity contribution in [3.05, 3.63) is 0 Å². The number of amides is 1. The largest absolute Gasteiger partial charge is 0.337 e. The number of rotatable bonds is 1. The summed E-state index contributed by atoms with van der Waals surface area (Å²) in [6.07, 6.45) is 0. The molecule has 13 heavy (non-hydrogen) atoms. The van der Waals surface area contributed by atoms with Crippen molar-refractivity contribution in [2.75, 3.05) is 13.1 Å². The van der Waals surface area contributed by atoms with Crippen LogP contribution in [0.1, 0.15) is 27.7 Å². The van der Waals surface area contributed by atoms with Gasteiger partial charge in [0.2, 0.25) is 0 Å². The second-order valence-electron chi connectivity index (χ2n) is 2.87. The lowest BCUT2D eigenvalue weighted by molar-refractivity contribution is -0.150. The number of alkyl halides is 2. The summed E-state index contributed by atoms with van der Waals surface area (Å²) in [6.45, 7) is 7.65. The minimum Gasteiger partial charge on any atom is -0.337 e. The molecule has 78 valence electrons. The lowest BCUT2D eigenvalue weighted by Crippen LogP contribution is -2.34. The number of hydrogen-bond acceptors (Lipinski definition) is 1. The highest BCUT2D eigenvalue weighted by atomic mass is 19.3. The molecule has 1 amide bonds. The predicted octanol–water partition coefficient (Wildman–Crippen LogP) is 2.15. The van der Waals surface area contributed by atoms with Gasteiger partial charge in [-0.3, -0.25) is 4.79 Å². The van der Waals surface area contributed by atoms with Crippen LogP contribution >= 0.6 is 0 Å². The zero-order chi connectivity index (χ0) is 10.6. The Kier molecular flexibility index (Phi) is 4.30. The molecule has 1 atom stereocenters. The second-order valence-corrected chi connectivity index (χ2v) is 2.87. The van der Waals surface area contributed by atoms with E-state index >= 15 is 0 Å². The van der Waals surface area contributed by atoms with E-state index < -0.39 is 17.7 Å². The summed E-state index contributed by atoms with van der Waals surface area (Å²) >= 11 is 0. The average molecular weight is 193 g/mol. The molecule has 2 nitrogen and oxygen atoms in total. The van der Waals surface area contributed by atoms with Crippen LogP contribution in [0.5, 0.6) is 0 Å². The Hall–Kier alpha value is -0.670. The summed E-state index contributed by atoms with van der Waals surface area (Å²) < 4.78 is 25.6. The zero-order valence-corrected chi connectivity index (χ0v) is 8.60. The molecule has 0 bridgehead atoms. The topological polar surface area (TPSA) is 20.3 Å². The third-order valence-electron chi connectivity index (χ3n) is 2.07. The molecule has 1 rings (SSSR count). The number of hydrogen-bond donors (Lipinski definition) is 0. The third kappa shape index (κ3) is 2.17. The fourth-order valence-corrected chi connectivity index (χ4v) is 1.22. The molecule has 1 unspecified atom stereocenters. The van der Waals surface area contributed by atoms with Crippen LogP contribution in [-0.4, -0.2) is 29.8 Å². The van der Waals surface area contributed by atoms with Crippen molar-refractivity contribution >= 4 is 5.91 Å². The molecule has 0 radical (unpaired) electrons. The van der Waals surface area contributed by atoms with E-state index in [0.717, 1.165) is 0 Å². The molecule has 1 fully saturated rings. The van der Waals surface area contributed by atoms with Crippen LogP contribution in [0.15, 0.2) is 0 Å². The molecule has 4 heteroatoms. The second kappa shape index (κ2) is 4.53. The minimum atomic E-state index is -3.13. The van der Waals surface area contributed by atoms with Gasteiger partial charge in [-0.1, -0.05) is 20.8 Å². The van der Waals surface area contributed by atoms with Crippen LogP contribution in [0.3, 0.4) is 0 Å². The van der Waals surface area contributed by atoms with Crippen molar-refractivity contribution in [3.8, 4) is 0 Å². The van der Waals surface area contributed by atoms with Gasteiger partial charge in [0.15, 0.2) is 0 Å².